The molecule has 1 N–H and O–H groups in total. The predicted octanol–water partition coefficient (Wildman–Crippen LogP) is 1.73. The molecule has 17 heavy (non-hydrogen) atoms. The van der Waals surface area contributed by atoms with E-state index in [1.165, 1.54) is 10.9 Å². The van der Waals surface area contributed by atoms with Crippen LogP contribution in [0.3, 0.4) is 0 Å². The molecule has 1 aromatic carbocycles. The van der Waals surface area contributed by atoms with Crippen molar-refractivity contribution in [2.75, 3.05) is 5.01 Å². The Hall–Kier alpha value is -0.830. The molecule has 1 aliphatic rings. The van der Waals surface area contributed by atoms with Crippen LogP contribution in [0.25, 0.3) is 0 Å². The first-order chi connectivity index (χ1) is 7.81. The molecule has 9 heteroatoms. The topological polar surface area (TPSA) is 55.4 Å². The average molecular weight is 286 g/mol. The van der Waals surface area contributed by atoms with Gasteiger partial charge in [0.1, 0.15) is 5.82 Å². The van der Waals surface area contributed by atoms with Crippen LogP contribution in [0.5, 0.6) is 0 Å². The van der Waals surface area contributed by atoms with Crippen molar-refractivity contribution >= 4 is 28.6 Å². The van der Waals surface area contributed by atoms with Gasteiger partial charge in [-0.25, -0.2) is 9.40 Å². The Morgan fingerprint density at radius 1 is 1.53 bits per heavy atom. The normalized spacial score (nSPS) is 19.2. The molecular formula is C8H5ClF3N2O2S-. The molecular weight excluding hydrogens is 281 g/mol. The number of benzene rings is 1. The molecule has 0 amide bonds. The maximum atomic E-state index is 13.5. The van der Waals surface area contributed by atoms with Crippen molar-refractivity contribution in [3.63, 3.8) is 0 Å². The number of halogens is 4. The van der Waals surface area contributed by atoms with Crippen LogP contribution in [-0.4, -0.2) is 14.8 Å². The SMILES string of the molecule is O=S([O-])NN1c2c(F)cc(Cl)cc2CC1(F)F. The van der Waals surface area contributed by atoms with Gasteiger partial charge in [0.15, 0.2) is 0 Å². The summed E-state index contributed by atoms with van der Waals surface area (Å²) in [5.41, 5.74) is -0.568. The lowest BCUT2D eigenvalue weighted by atomic mass is 10.1. The highest BCUT2D eigenvalue weighted by molar-refractivity contribution is 7.77. The Kier molecular flexibility index (Phi) is 3.06. The van der Waals surface area contributed by atoms with Gasteiger partial charge < -0.3 is 4.55 Å². The zero-order valence-electron chi connectivity index (χ0n) is 8.05. The van der Waals surface area contributed by atoms with E-state index in [2.05, 4.69) is 0 Å². The summed E-state index contributed by atoms with van der Waals surface area (Å²) in [5.74, 6) is -1.01. The molecule has 1 aromatic rings. The molecule has 0 saturated carbocycles. The molecule has 1 aliphatic heterocycles. The third-order valence-corrected chi connectivity index (χ3v) is 2.78. The molecule has 0 saturated heterocycles. The van der Waals surface area contributed by atoms with Gasteiger partial charge >= 0.3 is 6.05 Å². The van der Waals surface area contributed by atoms with Crippen LogP contribution in [0.15, 0.2) is 12.1 Å². The molecule has 94 valence electrons. The first-order valence-electron chi connectivity index (χ1n) is 4.33. The Morgan fingerprint density at radius 3 is 2.76 bits per heavy atom. The highest BCUT2D eigenvalue weighted by Crippen LogP contribution is 2.42. The molecule has 0 bridgehead atoms. The Balaban J connectivity index is 2.51. The first kappa shape index (κ1) is 12.6. The number of nitrogens with one attached hydrogen (secondary N) is 1. The van der Waals surface area contributed by atoms with Crippen LogP contribution in [0.1, 0.15) is 5.56 Å². The van der Waals surface area contributed by atoms with Crippen molar-refractivity contribution < 1.29 is 21.9 Å². The average Bonchev–Trinajstić information content (AvgIpc) is 2.36. The minimum absolute atomic E-state index is 0.0168. The number of nitrogens with zero attached hydrogens (tertiary/aromatic N) is 1. The summed E-state index contributed by atoms with van der Waals surface area (Å²) in [7, 11) is 0. The Morgan fingerprint density at radius 2 is 2.18 bits per heavy atom. The monoisotopic (exact) mass is 285 g/mol. The van der Waals surface area contributed by atoms with Crippen molar-refractivity contribution in [3.05, 3.63) is 28.5 Å². The van der Waals surface area contributed by atoms with E-state index in [1.807, 2.05) is 0 Å². The highest BCUT2D eigenvalue weighted by Gasteiger charge is 2.47. The van der Waals surface area contributed by atoms with Crippen LogP contribution in [0, 0.1) is 5.82 Å². The quantitative estimate of drug-likeness (QED) is 0.665. The smallest absolute Gasteiger partial charge is 0.343 e. The van der Waals surface area contributed by atoms with Gasteiger partial charge in [0.05, 0.1) is 12.1 Å². The molecule has 0 fully saturated rings. The number of alkyl halides is 2. The van der Waals surface area contributed by atoms with Crippen molar-refractivity contribution in [3.8, 4) is 0 Å². The summed E-state index contributed by atoms with van der Waals surface area (Å²) in [4.78, 5) is 1.47. The second kappa shape index (κ2) is 4.13. The second-order valence-electron chi connectivity index (χ2n) is 3.40. The highest BCUT2D eigenvalue weighted by atomic mass is 35.5. The molecule has 0 aliphatic carbocycles. The van der Waals surface area contributed by atoms with Crippen LogP contribution >= 0.6 is 11.6 Å². The predicted molar refractivity (Wildman–Crippen MR) is 54.6 cm³/mol. The number of hydrazine groups is 1. The van der Waals surface area contributed by atoms with Gasteiger partial charge in [-0.1, -0.05) is 11.6 Å². The van der Waals surface area contributed by atoms with E-state index in [1.54, 1.807) is 0 Å². The van der Waals surface area contributed by atoms with Gasteiger partial charge in [-0.3, -0.25) is 4.21 Å². The summed E-state index contributed by atoms with van der Waals surface area (Å²) in [6.45, 7) is 0. The minimum Gasteiger partial charge on any atom is -0.759 e. The number of hydrogen-bond donors (Lipinski definition) is 1. The molecule has 4 nitrogen and oxygen atoms in total. The van der Waals surface area contributed by atoms with Gasteiger partial charge in [0.2, 0.25) is 0 Å². The lowest BCUT2D eigenvalue weighted by molar-refractivity contribution is 0.00258. The Bertz CT molecular complexity index is 500. The minimum atomic E-state index is -3.53. The summed E-state index contributed by atoms with van der Waals surface area (Å²) in [6, 6.07) is -1.53. The lowest BCUT2D eigenvalue weighted by Gasteiger charge is -2.27. The van der Waals surface area contributed by atoms with Gasteiger partial charge in [0.25, 0.3) is 0 Å². The van der Waals surface area contributed by atoms with Crippen molar-refractivity contribution in [1.29, 1.82) is 0 Å². The van der Waals surface area contributed by atoms with E-state index in [9.17, 15) is 21.9 Å². The lowest BCUT2D eigenvalue weighted by Crippen LogP contribution is -2.49. The van der Waals surface area contributed by atoms with Crippen LogP contribution < -0.4 is 9.84 Å². The van der Waals surface area contributed by atoms with Gasteiger partial charge in [-0.2, -0.15) is 13.6 Å². The van der Waals surface area contributed by atoms with E-state index in [0.29, 0.717) is 0 Å². The van der Waals surface area contributed by atoms with E-state index in [4.69, 9.17) is 11.6 Å². The summed E-state index contributed by atoms with van der Waals surface area (Å²) in [6.07, 6.45) is -0.815. The molecule has 1 unspecified atom stereocenters. The molecule has 0 aromatic heterocycles. The third kappa shape index (κ3) is 2.25. The zero-order chi connectivity index (χ0) is 12.8. The molecule has 1 atom stereocenters. The van der Waals surface area contributed by atoms with Crippen LogP contribution in [-0.2, 0) is 17.7 Å². The van der Waals surface area contributed by atoms with Crippen LogP contribution in [0.4, 0.5) is 18.9 Å². The van der Waals surface area contributed by atoms with Crippen molar-refractivity contribution in [1.82, 2.24) is 4.83 Å². The van der Waals surface area contributed by atoms with Gasteiger partial charge in [0, 0.05) is 16.3 Å². The van der Waals surface area contributed by atoms with Gasteiger partial charge in [-0.05, 0) is 17.7 Å². The number of anilines is 1. The Labute approximate surface area is 102 Å². The molecule has 0 radical (unpaired) electrons. The third-order valence-electron chi connectivity index (χ3n) is 2.23. The van der Waals surface area contributed by atoms with E-state index in [-0.39, 0.29) is 15.6 Å². The number of fused-ring (bicyclic) bond motifs is 1. The summed E-state index contributed by atoms with van der Waals surface area (Å²) >= 11 is 2.55. The molecule has 0 spiro atoms. The van der Waals surface area contributed by atoms with E-state index in [0.717, 1.165) is 6.07 Å². The number of rotatable bonds is 2. The maximum absolute atomic E-state index is 13.5. The van der Waals surface area contributed by atoms with Crippen molar-refractivity contribution in [2.45, 2.75) is 12.5 Å². The molecule has 2 rings (SSSR count). The fourth-order valence-electron chi connectivity index (χ4n) is 1.66. The van der Waals surface area contributed by atoms with Gasteiger partial charge in [-0.15, -0.1) is 0 Å². The zero-order valence-corrected chi connectivity index (χ0v) is 9.62. The standard InChI is InChI=1S/C8H6ClF3N2O2S/c9-5-1-4-3-8(11,12)14(13-17(15)16)7(4)6(10)2-5/h1-2,13H,3H2,(H,15,16)/p-1. The summed E-state index contributed by atoms with van der Waals surface area (Å²) < 4.78 is 61.2. The van der Waals surface area contributed by atoms with E-state index >= 15 is 0 Å². The summed E-state index contributed by atoms with van der Waals surface area (Å²) in [5, 5.41) is -0.0426. The largest absolute Gasteiger partial charge is 0.759 e. The van der Waals surface area contributed by atoms with Crippen molar-refractivity contribution in [2.24, 2.45) is 0 Å². The maximum Gasteiger partial charge on any atom is 0.343 e. The first-order valence-corrected chi connectivity index (χ1v) is 5.78. The molecule has 1 heterocycles. The van der Waals surface area contributed by atoms with E-state index < -0.39 is 35.2 Å². The number of hydrogen-bond acceptors (Lipinski definition) is 3. The second-order valence-corrected chi connectivity index (χ2v) is 4.49. The van der Waals surface area contributed by atoms with Crippen LogP contribution in [0.2, 0.25) is 5.02 Å². The fourth-order valence-corrected chi connectivity index (χ4v) is 2.26. The fraction of sp³-hybridized carbons (Fsp3) is 0.250.